The number of methoxy groups -OCH3 is 1. The zero-order valence-corrected chi connectivity index (χ0v) is 18.8. The van der Waals surface area contributed by atoms with Gasteiger partial charge in [0, 0.05) is 35.4 Å². The summed E-state index contributed by atoms with van der Waals surface area (Å²) in [6, 6.07) is 3.27. The van der Waals surface area contributed by atoms with Crippen LogP contribution in [0.25, 0.3) is 0 Å². The third-order valence-corrected chi connectivity index (χ3v) is 5.64. The number of pyridine rings is 1. The number of rotatable bonds is 6. The Balaban J connectivity index is 1.79. The van der Waals surface area contributed by atoms with Gasteiger partial charge in [-0.2, -0.15) is 0 Å². The molecule has 1 unspecified atom stereocenters. The van der Waals surface area contributed by atoms with Gasteiger partial charge in [0.2, 0.25) is 0 Å². The molecule has 0 amide bonds. The number of esters is 1. The largest absolute Gasteiger partial charge is 0.466 e. The maximum atomic E-state index is 14.6. The number of aromatic nitrogens is 1. The van der Waals surface area contributed by atoms with E-state index >= 15 is 0 Å². The smallest absolute Gasteiger partial charge is 0.338 e. The van der Waals surface area contributed by atoms with E-state index in [9.17, 15) is 18.0 Å². The van der Waals surface area contributed by atoms with Gasteiger partial charge in [-0.05, 0) is 12.1 Å². The van der Waals surface area contributed by atoms with Crippen LogP contribution in [0.4, 0.5) is 13.2 Å². The Morgan fingerprint density at radius 3 is 2.71 bits per heavy atom. The molecule has 12 heteroatoms. The van der Waals surface area contributed by atoms with Gasteiger partial charge in [0.1, 0.15) is 23.4 Å². The fourth-order valence-corrected chi connectivity index (χ4v) is 3.93. The van der Waals surface area contributed by atoms with E-state index in [-0.39, 0.29) is 28.7 Å². The fraction of sp³-hybridized carbons (Fsp3) is 0.318. The minimum Gasteiger partial charge on any atom is -0.466 e. The lowest BCUT2D eigenvalue weighted by molar-refractivity contribution is -0.136. The summed E-state index contributed by atoms with van der Waals surface area (Å²) in [5, 5.41) is 4.86. The van der Waals surface area contributed by atoms with Crippen LogP contribution in [-0.4, -0.2) is 61.8 Å². The van der Waals surface area contributed by atoms with E-state index in [1.54, 1.807) is 0 Å². The summed E-state index contributed by atoms with van der Waals surface area (Å²) in [5.41, 5.74) is 3.66. The number of carbonyl (C=O) groups excluding carboxylic acids is 1. The first-order valence-electron chi connectivity index (χ1n) is 10.4. The second-order valence-corrected chi connectivity index (χ2v) is 7.88. The van der Waals surface area contributed by atoms with Gasteiger partial charge in [-0.1, -0.05) is 17.7 Å². The van der Waals surface area contributed by atoms with Gasteiger partial charge in [-0.15, -0.1) is 0 Å². The predicted octanol–water partition coefficient (Wildman–Crippen LogP) is 2.51. The Morgan fingerprint density at radius 2 is 2.03 bits per heavy atom. The normalized spacial score (nSPS) is 19.0. The molecule has 1 aromatic carbocycles. The van der Waals surface area contributed by atoms with Crippen LogP contribution in [0, 0.1) is 17.5 Å². The standard InChI is InChI=1S/C22H21ClF3N5O3/c1-33-22(32)18-17(11-28-31-4-6-34-7-5-31)29-21(20-16(26)9-13(25)10-27-20)30-19(18)14-3-2-12(24)8-15(14)23/h2-3,8-10,19,28H,4-7,11H2,1H3,(H,29,30). The van der Waals surface area contributed by atoms with E-state index in [1.165, 1.54) is 19.2 Å². The molecule has 1 aromatic heterocycles. The first-order chi connectivity index (χ1) is 16.4. The lowest BCUT2D eigenvalue weighted by Crippen LogP contribution is -2.48. The van der Waals surface area contributed by atoms with E-state index in [0.717, 1.165) is 12.3 Å². The Morgan fingerprint density at radius 1 is 1.26 bits per heavy atom. The molecule has 0 spiro atoms. The summed E-state index contributed by atoms with van der Waals surface area (Å²) in [6.45, 7) is 2.41. The van der Waals surface area contributed by atoms with Crippen LogP contribution in [0.5, 0.6) is 0 Å². The number of morpholine rings is 1. The fourth-order valence-electron chi connectivity index (χ4n) is 3.66. The number of nitrogens with one attached hydrogen (secondary N) is 2. The van der Waals surface area contributed by atoms with Gasteiger partial charge < -0.3 is 14.8 Å². The lowest BCUT2D eigenvalue weighted by Gasteiger charge is -2.31. The van der Waals surface area contributed by atoms with E-state index in [0.29, 0.717) is 43.6 Å². The van der Waals surface area contributed by atoms with Crippen molar-refractivity contribution in [2.75, 3.05) is 40.0 Å². The molecule has 0 aliphatic carbocycles. The van der Waals surface area contributed by atoms with Crippen molar-refractivity contribution in [1.82, 2.24) is 20.7 Å². The van der Waals surface area contributed by atoms with Crippen LogP contribution in [0.1, 0.15) is 17.3 Å². The van der Waals surface area contributed by atoms with Crippen molar-refractivity contribution in [3.63, 3.8) is 0 Å². The van der Waals surface area contributed by atoms with Gasteiger partial charge in [0.05, 0.1) is 38.6 Å². The predicted molar refractivity (Wildman–Crippen MR) is 117 cm³/mol. The quantitative estimate of drug-likeness (QED) is 0.595. The Bertz CT molecular complexity index is 1150. The molecule has 0 saturated carbocycles. The van der Waals surface area contributed by atoms with Crippen molar-refractivity contribution in [2.45, 2.75) is 6.04 Å². The SMILES string of the molecule is COC(=O)C1=C(CNN2CCOCC2)NC(c2ncc(F)cc2F)=NC1c1ccc(F)cc1Cl. The topological polar surface area (TPSA) is 88.1 Å². The number of ether oxygens (including phenoxy) is 2. The summed E-state index contributed by atoms with van der Waals surface area (Å²) in [6.07, 6.45) is 0.855. The zero-order chi connectivity index (χ0) is 24.2. The molecule has 1 atom stereocenters. The van der Waals surface area contributed by atoms with E-state index < -0.39 is 29.5 Å². The van der Waals surface area contributed by atoms with Gasteiger partial charge in [0.15, 0.2) is 11.7 Å². The number of benzene rings is 1. The summed E-state index contributed by atoms with van der Waals surface area (Å²) in [4.78, 5) is 21.1. The first-order valence-corrected chi connectivity index (χ1v) is 10.7. The maximum Gasteiger partial charge on any atom is 0.338 e. The molecular formula is C22H21ClF3N5O3. The Kier molecular flexibility index (Phi) is 7.47. The zero-order valence-electron chi connectivity index (χ0n) is 18.1. The maximum absolute atomic E-state index is 14.6. The van der Waals surface area contributed by atoms with Gasteiger partial charge in [-0.3, -0.25) is 4.99 Å². The number of carbonyl (C=O) groups is 1. The van der Waals surface area contributed by atoms with Crippen molar-refractivity contribution >= 4 is 23.4 Å². The highest BCUT2D eigenvalue weighted by atomic mass is 35.5. The molecule has 4 rings (SSSR count). The molecule has 2 aliphatic heterocycles. The number of amidine groups is 1. The molecular weight excluding hydrogens is 475 g/mol. The molecule has 8 nitrogen and oxygen atoms in total. The highest BCUT2D eigenvalue weighted by Gasteiger charge is 2.34. The minimum absolute atomic E-state index is 0.0180. The molecule has 0 bridgehead atoms. The minimum atomic E-state index is -1.07. The second kappa shape index (κ2) is 10.5. The Hall–Kier alpha value is -2.99. The molecule has 2 N–H and O–H groups in total. The summed E-state index contributed by atoms with van der Waals surface area (Å²) < 4.78 is 52.1. The van der Waals surface area contributed by atoms with Gasteiger partial charge in [0.25, 0.3) is 0 Å². The van der Waals surface area contributed by atoms with Crippen LogP contribution < -0.4 is 10.7 Å². The number of aliphatic imine (C=N–C) groups is 1. The number of halogens is 4. The molecule has 180 valence electrons. The van der Waals surface area contributed by atoms with Crippen LogP contribution in [-0.2, 0) is 14.3 Å². The van der Waals surface area contributed by atoms with Crippen molar-refractivity contribution in [3.05, 3.63) is 75.5 Å². The first kappa shape index (κ1) is 24.1. The number of hydrazine groups is 1. The van der Waals surface area contributed by atoms with E-state index in [2.05, 4.69) is 20.7 Å². The highest BCUT2D eigenvalue weighted by molar-refractivity contribution is 6.31. The number of hydrogen-bond donors (Lipinski definition) is 2. The average molecular weight is 496 g/mol. The molecule has 3 heterocycles. The van der Waals surface area contributed by atoms with Gasteiger partial charge in [-0.25, -0.2) is 33.4 Å². The third-order valence-electron chi connectivity index (χ3n) is 5.31. The average Bonchev–Trinajstić information content (AvgIpc) is 2.82. The molecule has 2 aliphatic rings. The monoisotopic (exact) mass is 495 g/mol. The number of hydrogen-bond acceptors (Lipinski definition) is 8. The molecule has 2 aromatic rings. The number of nitrogens with zero attached hydrogens (tertiary/aromatic N) is 3. The van der Waals surface area contributed by atoms with Crippen molar-refractivity contribution in [2.24, 2.45) is 4.99 Å². The van der Waals surface area contributed by atoms with E-state index in [4.69, 9.17) is 21.1 Å². The molecule has 34 heavy (non-hydrogen) atoms. The van der Waals surface area contributed by atoms with Crippen LogP contribution in [0.15, 0.2) is 46.7 Å². The molecule has 1 fully saturated rings. The van der Waals surface area contributed by atoms with E-state index in [1.807, 2.05) is 5.01 Å². The van der Waals surface area contributed by atoms with Gasteiger partial charge >= 0.3 is 5.97 Å². The van der Waals surface area contributed by atoms with Crippen molar-refractivity contribution in [3.8, 4) is 0 Å². The molecule has 1 saturated heterocycles. The lowest BCUT2D eigenvalue weighted by atomic mass is 9.95. The van der Waals surface area contributed by atoms with Crippen LogP contribution >= 0.6 is 11.6 Å². The third kappa shape index (κ3) is 5.22. The summed E-state index contributed by atoms with van der Waals surface area (Å²) in [5.74, 6) is -3.12. The highest BCUT2D eigenvalue weighted by Crippen LogP contribution is 2.36. The van der Waals surface area contributed by atoms with Crippen LogP contribution in [0.2, 0.25) is 5.02 Å². The summed E-state index contributed by atoms with van der Waals surface area (Å²) >= 11 is 6.29. The van der Waals surface area contributed by atoms with Crippen LogP contribution in [0.3, 0.4) is 0 Å². The second-order valence-electron chi connectivity index (χ2n) is 7.47. The van der Waals surface area contributed by atoms with Crippen molar-refractivity contribution < 1.29 is 27.4 Å². The van der Waals surface area contributed by atoms with Crippen molar-refractivity contribution in [1.29, 1.82) is 0 Å². The Labute approximate surface area is 198 Å². The molecule has 0 radical (unpaired) electrons. The summed E-state index contributed by atoms with van der Waals surface area (Å²) in [7, 11) is 1.21.